The minimum absolute atomic E-state index is 0.105. The number of nitrogens with zero attached hydrogens (tertiary/aromatic N) is 1. The summed E-state index contributed by atoms with van der Waals surface area (Å²) < 4.78 is 0. The van der Waals surface area contributed by atoms with Crippen LogP contribution < -0.4 is 16.4 Å². The quantitative estimate of drug-likeness (QED) is 0.402. The summed E-state index contributed by atoms with van der Waals surface area (Å²) in [5, 5.41) is 17.8. The first-order chi connectivity index (χ1) is 13.7. The highest BCUT2D eigenvalue weighted by Gasteiger charge is 2.10. The Hall–Kier alpha value is -3.48. The fourth-order valence-electron chi connectivity index (χ4n) is 3.26. The average molecular weight is 372 g/mol. The van der Waals surface area contributed by atoms with Crippen molar-refractivity contribution in [3.63, 3.8) is 0 Å². The molecule has 0 aliphatic carbocycles. The van der Waals surface area contributed by atoms with Gasteiger partial charge < -0.3 is 21.5 Å². The molecular weight excluding hydrogens is 352 g/mol. The number of nitrogens with one attached hydrogen (secondary N) is 2. The van der Waals surface area contributed by atoms with E-state index in [2.05, 4.69) is 10.6 Å². The van der Waals surface area contributed by atoms with Gasteiger partial charge in [0.25, 0.3) is 0 Å². The summed E-state index contributed by atoms with van der Waals surface area (Å²) in [5.74, 6) is -0.291. The van der Waals surface area contributed by atoms with Crippen molar-refractivity contribution in [1.82, 2.24) is 4.98 Å². The Kier molecular flexibility index (Phi) is 4.89. The Morgan fingerprint density at radius 1 is 0.929 bits per heavy atom. The maximum absolute atomic E-state index is 11.7. The number of fused-ring (bicyclic) bond motifs is 2. The van der Waals surface area contributed by atoms with Gasteiger partial charge in [-0.25, -0.2) is 4.98 Å². The van der Waals surface area contributed by atoms with E-state index in [0.29, 0.717) is 11.3 Å². The van der Waals surface area contributed by atoms with E-state index in [1.165, 1.54) is 0 Å². The number of nitrogens with two attached hydrogens (primary N) is 1. The minimum Gasteiger partial charge on any atom is -0.392 e. The molecule has 28 heavy (non-hydrogen) atoms. The standard InChI is InChI=1S/C22H20N4O2/c23-12-21(28)24-15-9-14(13-27)10-16(11-15)25-22-17-5-1-3-7-19(17)26-20-8-4-2-6-18(20)22/h1-11,27H,12-13,23H2,(H,24,28)(H,25,26). The van der Waals surface area contributed by atoms with Crippen LogP contribution in [0.1, 0.15) is 5.56 Å². The highest BCUT2D eigenvalue weighted by atomic mass is 16.3. The van der Waals surface area contributed by atoms with Crippen LogP contribution in [0.3, 0.4) is 0 Å². The predicted octanol–water partition coefficient (Wildman–Crippen LogP) is 3.52. The third-order valence-corrected chi connectivity index (χ3v) is 4.50. The Labute approximate surface area is 162 Å². The van der Waals surface area contributed by atoms with Crippen molar-refractivity contribution in [2.24, 2.45) is 5.73 Å². The number of carbonyl (C=O) groups excluding carboxylic acids is 1. The molecule has 0 unspecified atom stereocenters. The fourth-order valence-corrected chi connectivity index (χ4v) is 3.26. The van der Waals surface area contributed by atoms with E-state index in [4.69, 9.17) is 10.7 Å². The second kappa shape index (κ2) is 7.64. The number of amides is 1. The number of para-hydroxylation sites is 2. The van der Waals surface area contributed by atoms with E-state index in [1.54, 1.807) is 6.07 Å². The topological polar surface area (TPSA) is 100 Å². The smallest absolute Gasteiger partial charge is 0.238 e. The zero-order valence-corrected chi connectivity index (χ0v) is 15.1. The van der Waals surface area contributed by atoms with Crippen molar-refractivity contribution in [3.8, 4) is 0 Å². The number of carbonyl (C=O) groups is 1. The number of hydrogen-bond acceptors (Lipinski definition) is 5. The van der Waals surface area contributed by atoms with Gasteiger partial charge in [0, 0.05) is 22.1 Å². The number of aliphatic hydroxyl groups is 1. The minimum atomic E-state index is -0.291. The molecule has 4 aromatic rings. The zero-order chi connectivity index (χ0) is 19.5. The second-order valence-corrected chi connectivity index (χ2v) is 6.48. The fraction of sp³-hybridized carbons (Fsp3) is 0.0909. The van der Waals surface area contributed by atoms with E-state index >= 15 is 0 Å². The van der Waals surface area contributed by atoms with Gasteiger partial charge >= 0.3 is 0 Å². The molecule has 6 nitrogen and oxygen atoms in total. The van der Waals surface area contributed by atoms with E-state index in [1.807, 2.05) is 60.7 Å². The highest BCUT2D eigenvalue weighted by molar-refractivity contribution is 6.08. The lowest BCUT2D eigenvalue weighted by Gasteiger charge is -2.15. The SMILES string of the molecule is NCC(=O)Nc1cc(CO)cc(Nc2c3ccccc3nc3ccccc23)c1. The highest BCUT2D eigenvalue weighted by Crippen LogP contribution is 2.34. The molecule has 0 spiro atoms. The number of pyridine rings is 1. The van der Waals surface area contributed by atoms with Crippen molar-refractivity contribution in [2.45, 2.75) is 6.61 Å². The van der Waals surface area contributed by atoms with Crippen LogP contribution in [0, 0.1) is 0 Å². The Bertz CT molecular complexity index is 1120. The zero-order valence-electron chi connectivity index (χ0n) is 15.1. The van der Waals surface area contributed by atoms with Gasteiger partial charge in [-0.1, -0.05) is 36.4 Å². The van der Waals surface area contributed by atoms with Gasteiger partial charge in [0.2, 0.25) is 5.91 Å². The molecule has 1 amide bonds. The van der Waals surface area contributed by atoms with E-state index in [9.17, 15) is 9.90 Å². The van der Waals surface area contributed by atoms with Gasteiger partial charge in [0.1, 0.15) is 0 Å². The molecule has 0 aliphatic rings. The monoisotopic (exact) mass is 372 g/mol. The van der Waals surface area contributed by atoms with Crippen molar-refractivity contribution < 1.29 is 9.90 Å². The first-order valence-corrected chi connectivity index (χ1v) is 8.97. The molecule has 0 bridgehead atoms. The molecule has 0 saturated carbocycles. The van der Waals surface area contributed by atoms with Crippen LogP contribution in [-0.2, 0) is 11.4 Å². The van der Waals surface area contributed by atoms with Gasteiger partial charge in [-0.3, -0.25) is 4.79 Å². The second-order valence-electron chi connectivity index (χ2n) is 6.48. The Morgan fingerprint density at radius 3 is 2.14 bits per heavy atom. The number of hydrogen-bond donors (Lipinski definition) is 4. The van der Waals surface area contributed by atoms with Crippen LogP contribution >= 0.6 is 0 Å². The van der Waals surface area contributed by atoms with Crippen LogP contribution in [0.2, 0.25) is 0 Å². The number of benzene rings is 3. The number of aromatic nitrogens is 1. The molecule has 0 saturated heterocycles. The van der Waals surface area contributed by atoms with Crippen molar-refractivity contribution in [3.05, 3.63) is 72.3 Å². The van der Waals surface area contributed by atoms with Crippen LogP contribution in [-0.4, -0.2) is 22.5 Å². The summed E-state index contributed by atoms with van der Waals surface area (Å²) in [5.41, 5.74) is 10.1. The molecule has 140 valence electrons. The molecule has 0 fully saturated rings. The first kappa shape index (κ1) is 17.9. The van der Waals surface area contributed by atoms with Crippen molar-refractivity contribution >= 4 is 44.8 Å². The molecule has 1 aromatic heterocycles. The molecule has 3 aromatic carbocycles. The average Bonchev–Trinajstić information content (AvgIpc) is 2.73. The van der Waals surface area contributed by atoms with Crippen molar-refractivity contribution in [2.75, 3.05) is 17.2 Å². The third-order valence-electron chi connectivity index (χ3n) is 4.50. The van der Waals surface area contributed by atoms with Gasteiger partial charge in [-0.05, 0) is 35.9 Å². The predicted molar refractivity (Wildman–Crippen MR) is 113 cm³/mol. The summed E-state index contributed by atoms with van der Waals surface area (Å²) in [4.78, 5) is 16.4. The van der Waals surface area contributed by atoms with Crippen LogP contribution in [0.5, 0.6) is 0 Å². The van der Waals surface area contributed by atoms with Crippen LogP contribution in [0.15, 0.2) is 66.7 Å². The largest absolute Gasteiger partial charge is 0.392 e. The number of anilines is 3. The molecule has 1 heterocycles. The first-order valence-electron chi connectivity index (χ1n) is 8.97. The molecule has 0 radical (unpaired) electrons. The summed E-state index contributed by atoms with van der Waals surface area (Å²) >= 11 is 0. The van der Waals surface area contributed by atoms with Gasteiger partial charge in [0.15, 0.2) is 0 Å². The molecule has 4 rings (SSSR count). The summed E-state index contributed by atoms with van der Waals surface area (Å²) in [6.45, 7) is -0.245. The molecule has 0 aliphatic heterocycles. The Balaban J connectivity index is 1.85. The van der Waals surface area contributed by atoms with Crippen LogP contribution in [0.25, 0.3) is 21.8 Å². The molecule has 5 N–H and O–H groups in total. The van der Waals surface area contributed by atoms with Crippen molar-refractivity contribution in [1.29, 1.82) is 0 Å². The molecular formula is C22H20N4O2. The number of rotatable bonds is 5. The van der Waals surface area contributed by atoms with E-state index in [0.717, 1.165) is 33.2 Å². The van der Waals surface area contributed by atoms with Gasteiger partial charge in [-0.2, -0.15) is 0 Å². The third kappa shape index (κ3) is 3.51. The van der Waals surface area contributed by atoms with E-state index in [-0.39, 0.29) is 19.1 Å². The van der Waals surface area contributed by atoms with Crippen LogP contribution in [0.4, 0.5) is 17.1 Å². The lowest BCUT2D eigenvalue weighted by Crippen LogP contribution is -2.21. The Morgan fingerprint density at radius 2 is 1.54 bits per heavy atom. The number of aliphatic hydroxyl groups excluding tert-OH is 1. The maximum Gasteiger partial charge on any atom is 0.238 e. The maximum atomic E-state index is 11.7. The normalized spacial score (nSPS) is 10.9. The lowest BCUT2D eigenvalue weighted by molar-refractivity contribution is -0.114. The van der Waals surface area contributed by atoms with Gasteiger partial charge in [0.05, 0.1) is 29.9 Å². The summed E-state index contributed by atoms with van der Waals surface area (Å²) in [6, 6.07) is 21.2. The molecule has 6 heteroatoms. The lowest BCUT2D eigenvalue weighted by atomic mass is 10.1. The summed E-state index contributed by atoms with van der Waals surface area (Å²) in [7, 11) is 0. The molecule has 0 atom stereocenters. The van der Waals surface area contributed by atoms with Gasteiger partial charge in [-0.15, -0.1) is 0 Å². The van der Waals surface area contributed by atoms with E-state index < -0.39 is 0 Å². The summed E-state index contributed by atoms with van der Waals surface area (Å²) in [6.07, 6.45) is 0.